The Kier molecular flexibility index (Phi) is 4.90. The molecule has 2 aromatic rings. The number of hydrogen-bond acceptors (Lipinski definition) is 1. The van der Waals surface area contributed by atoms with Gasteiger partial charge in [-0.15, -0.1) is 0 Å². The monoisotopic (exact) mass is 333 g/mol. The van der Waals surface area contributed by atoms with Gasteiger partial charge in [0.25, 0.3) is 0 Å². The molecule has 3 heteroatoms. The molecule has 0 aliphatic carbocycles. The van der Waals surface area contributed by atoms with Crippen molar-refractivity contribution in [2.45, 2.75) is 6.92 Å². The maximum absolute atomic E-state index is 6.10. The molecule has 0 amide bonds. The Bertz CT molecular complexity index is 626. The van der Waals surface area contributed by atoms with Crippen molar-refractivity contribution < 1.29 is 0 Å². The fourth-order valence-electron chi connectivity index (χ4n) is 1.59. The van der Waals surface area contributed by atoms with Crippen LogP contribution in [0.25, 0.3) is 0 Å². The summed E-state index contributed by atoms with van der Waals surface area (Å²) in [6.07, 6.45) is 0. The number of benzene rings is 2. The average Bonchev–Trinajstić information content (AvgIpc) is 2.41. The third kappa shape index (κ3) is 4.02. The van der Waals surface area contributed by atoms with E-state index in [2.05, 4.69) is 33.1 Å². The van der Waals surface area contributed by atoms with E-state index in [1.54, 1.807) is 0 Å². The predicted molar refractivity (Wildman–Crippen MR) is 85.7 cm³/mol. The number of hydrogen-bond donors (Lipinski definition) is 1. The zero-order valence-electron chi connectivity index (χ0n) is 10.5. The summed E-state index contributed by atoms with van der Waals surface area (Å²) < 4.78 is 0.996. The predicted octanol–water partition coefficient (Wildman–Crippen LogP) is 4.87. The van der Waals surface area contributed by atoms with E-state index in [0.717, 1.165) is 26.3 Å². The quantitative estimate of drug-likeness (QED) is 0.772. The van der Waals surface area contributed by atoms with Gasteiger partial charge >= 0.3 is 0 Å². The lowest BCUT2D eigenvalue weighted by molar-refractivity contribution is 1.34. The van der Waals surface area contributed by atoms with Crippen molar-refractivity contribution in [2.75, 3.05) is 11.9 Å². The molecule has 0 radical (unpaired) electrons. The first-order valence-electron chi connectivity index (χ1n) is 5.90. The minimum atomic E-state index is 0.576. The van der Waals surface area contributed by atoms with E-state index in [-0.39, 0.29) is 0 Å². The lowest BCUT2D eigenvalue weighted by Gasteiger charge is -2.07. The second-order valence-electron chi connectivity index (χ2n) is 4.10. The van der Waals surface area contributed by atoms with Gasteiger partial charge in [-0.3, -0.25) is 0 Å². The summed E-state index contributed by atoms with van der Waals surface area (Å²) in [5.74, 6) is 6.19. The Hall–Kier alpha value is -1.43. The highest BCUT2D eigenvalue weighted by Crippen LogP contribution is 2.28. The van der Waals surface area contributed by atoms with E-state index in [9.17, 15) is 0 Å². The second-order valence-corrected chi connectivity index (χ2v) is 5.36. The second kappa shape index (κ2) is 6.65. The van der Waals surface area contributed by atoms with Gasteiger partial charge in [0.2, 0.25) is 0 Å². The minimum absolute atomic E-state index is 0.576. The highest BCUT2D eigenvalue weighted by molar-refractivity contribution is 9.10. The molecule has 0 unspecified atom stereocenters. The van der Waals surface area contributed by atoms with Gasteiger partial charge in [0.1, 0.15) is 0 Å². The van der Waals surface area contributed by atoms with Crippen molar-refractivity contribution in [3.8, 4) is 11.8 Å². The van der Waals surface area contributed by atoms with Crippen LogP contribution < -0.4 is 5.32 Å². The number of anilines is 1. The summed E-state index contributed by atoms with van der Waals surface area (Å²) in [5, 5.41) is 4.00. The standard InChI is InChI=1S/C16H13BrClN/c1-12-10-14(17)16(11-15(12)18)19-9-5-8-13-6-3-2-4-7-13/h2-4,6-7,10-11,19H,9H2,1H3. The van der Waals surface area contributed by atoms with Crippen molar-refractivity contribution in [3.63, 3.8) is 0 Å². The molecule has 0 heterocycles. The Balaban J connectivity index is 2.01. The van der Waals surface area contributed by atoms with Gasteiger partial charge in [-0.05, 0) is 52.7 Å². The van der Waals surface area contributed by atoms with Crippen LogP contribution in [0.1, 0.15) is 11.1 Å². The molecule has 0 spiro atoms. The molecule has 19 heavy (non-hydrogen) atoms. The van der Waals surface area contributed by atoms with Gasteiger partial charge in [-0.2, -0.15) is 0 Å². The van der Waals surface area contributed by atoms with Crippen LogP contribution in [0.15, 0.2) is 46.9 Å². The molecule has 0 bridgehead atoms. The molecule has 0 aromatic heterocycles. The topological polar surface area (TPSA) is 12.0 Å². The summed E-state index contributed by atoms with van der Waals surface area (Å²) in [4.78, 5) is 0. The number of halogens is 2. The summed E-state index contributed by atoms with van der Waals surface area (Å²) in [5.41, 5.74) is 3.03. The maximum atomic E-state index is 6.10. The molecule has 0 aliphatic rings. The summed E-state index contributed by atoms with van der Waals surface area (Å²) >= 11 is 9.61. The normalized spacial score (nSPS) is 9.63. The fourth-order valence-corrected chi connectivity index (χ4v) is 2.35. The van der Waals surface area contributed by atoms with Crippen LogP contribution >= 0.6 is 27.5 Å². The van der Waals surface area contributed by atoms with E-state index in [1.807, 2.05) is 49.4 Å². The third-order valence-corrected chi connectivity index (χ3v) is 3.69. The first-order chi connectivity index (χ1) is 9.16. The first kappa shape index (κ1) is 14.0. The maximum Gasteiger partial charge on any atom is 0.0770 e. The molecular weight excluding hydrogens is 322 g/mol. The summed E-state index contributed by atoms with van der Waals surface area (Å²) in [7, 11) is 0. The highest BCUT2D eigenvalue weighted by atomic mass is 79.9. The largest absolute Gasteiger partial charge is 0.373 e. The number of aryl methyl sites for hydroxylation is 1. The molecule has 0 fully saturated rings. The van der Waals surface area contributed by atoms with Crippen molar-refractivity contribution in [1.82, 2.24) is 0 Å². The SMILES string of the molecule is Cc1cc(Br)c(NCC#Cc2ccccc2)cc1Cl. The molecule has 0 aliphatic heterocycles. The summed E-state index contributed by atoms with van der Waals surface area (Å²) in [6, 6.07) is 13.8. The molecule has 2 aromatic carbocycles. The zero-order valence-corrected chi connectivity index (χ0v) is 12.8. The van der Waals surface area contributed by atoms with Gasteiger partial charge in [0.15, 0.2) is 0 Å². The molecule has 96 valence electrons. The molecule has 0 saturated heterocycles. The molecule has 0 saturated carbocycles. The molecule has 1 nitrogen and oxygen atoms in total. The van der Waals surface area contributed by atoms with E-state index in [4.69, 9.17) is 11.6 Å². The van der Waals surface area contributed by atoms with Crippen molar-refractivity contribution in [1.29, 1.82) is 0 Å². The van der Waals surface area contributed by atoms with Gasteiger partial charge < -0.3 is 5.32 Å². The lowest BCUT2D eigenvalue weighted by Crippen LogP contribution is -2.00. The van der Waals surface area contributed by atoms with E-state index in [0.29, 0.717) is 6.54 Å². The van der Waals surface area contributed by atoms with Crippen LogP contribution in [0.3, 0.4) is 0 Å². The van der Waals surface area contributed by atoms with Crippen LogP contribution in [-0.4, -0.2) is 6.54 Å². The van der Waals surface area contributed by atoms with Crippen LogP contribution in [0, 0.1) is 18.8 Å². The summed E-state index contributed by atoms with van der Waals surface area (Å²) in [6.45, 7) is 2.55. The van der Waals surface area contributed by atoms with Crippen LogP contribution in [0.2, 0.25) is 5.02 Å². The highest BCUT2D eigenvalue weighted by Gasteiger charge is 2.02. The van der Waals surface area contributed by atoms with Crippen LogP contribution in [0.5, 0.6) is 0 Å². The Morgan fingerprint density at radius 2 is 1.95 bits per heavy atom. The van der Waals surface area contributed by atoms with Crippen molar-refractivity contribution >= 4 is 33.2 Å². The minimum Gasteiger partial charge on any atom is -0.373 e. The van der Waals surface area contributed by atoms with E-state index in [1.165, 1.54) is 0 Å². The van der Waals surface area contributed by atoms with Gasteiger partial charge in [-0.1, -0.05) is 41.6 Å². The van der Waals surface area contributed by atoms with Crippen molar-refractivity contribution in [3.05, 3.63) is 63.1 Å². The zero-order chi connectivity index (χ0) is 13.7. The van der Waals surface area contributed by atoms with Gasteiger partial charge in [0.05, 0.1) is 12.2 Å². The molecular formula is C16H13BrClN. The Morgan fingerprint density at radius 1 is 1.21 bits per heavy atom. The number of rotatable bonds is 2. The number of nitrogens with one attached hydrogen (secondary N) is 1. The smallest absolute Gasteiger partial charge is 0.0770 e. The Morgan fingerprint density at radius 3 is 2.68 bits per heavy atom. The van der Waals surface area contributed by atoms with Crippen LogP contribution in [0.4, 0.5) is 5.69 Å². The van der Waals surface area contributed by atoms with Gasteiger partial charge in [-0.25, -0.2) is 0 Å². The van der Waals surface area contributed by atoms with Crippen LogP contribution in [-0.2, 0) is 0 Å². The Labute approximate surface area is 127 Å². The fraction of sp³-hybridized carbons (Fsp3) is 0.125. The molecule has 0 atom stereocenters. The third-order valence-electron chi connectivity index (χ3n) is 2.62. The van der Waals surface area contributed by atoms with E-state index >= 15 is 0 Å². The average molecular weight is 335 g/mol. The molecule has 1 N–H and O–H groups in total. The first-order valence-corrected chi connectivity index (χ1v) is 7.07. The van der Waals surface area contributed by atoms with Gasteiger partial charge in [0, 0.05) is 15.1 Å². The van der Waals surface area contributed by atoms with E-state index < -0.39 is 0 Å². The molecule has 2 rings (SSSR count). The van der Waals surface area contributed by atoms with Crippen molar-refractivity contribution in [2.24, 2.45) is 0 Å². The lowest BCUT2D eigenvalue weighted by atomic mass is 10.2.